The average molecular weight is 194 g/mol. The maximum absolute atomic E-state index is 4.02. The van der Waals surface area contributed by atoms with E-state index in [0.717, 1.165) is 0 Å². The van der Waals surface area contributed by atoms with Crippen molar-refractivity contribution in [3.63, 3.8) is 0 Å². The summed E-state index contributed by atoms with van der Waals surface area (Å²) in [4.78, 5) is 4.02. The topological polar surface area (TPSA) is 24.9 Å². The lowest BCUT2D eigenvalue weighted by Gasteiger charge is -2.18. The second-order valence-electron chi connectivity index (χ2n) is 4.00. The zero-order valence-corrected chi connectivity index (χ0v) is 8.77. The van der Waals surface area contributed by atoms with Gasteiger partial charge < -0.3 is 0 Å². The van der Waals surface area contributed by atoms with E-state index in [-0.39, 0.29) is 5.54 Å². The van der Waals surface area contributed by atoms with E-state index in [1.54, 1.807) is 0 Å². The van der Waals surface area contributed by atoms with Crippen LogP contribution in [0, 0.1) is 0 Å². The largest absolute Gasteiger partial charge is 0.296 e. The molecule has 70 valence electrons. The lowest BCUT2D eigenvalue weighted by molar-refractivity contribution is 0.452. The summed E-state index contributed by atoms with van der Waals surface area (Å²) in [6, 6.07) is 4.15. The Labute approximate surface area is 83.1 Å². The maximum Gasteiger partial charge on any atom is 0.0795 e. The highest BCUT2D eigenvalue weighted by Crippen LogP contribution is 2.36. The fourth-order valence-electron chi connectivity index (χ4n) is 1.45. The van der Waals surface area contributed by atoms with Crippen LogP contribution >= 0.6 is 11.8 Å². The molecule has 0 radical (unpaired) electrons. The van der Waals surface area contributed by atoms with Gasteiger partial charge in [0.05, 0.1) is 5.37 Å². The molecule has 1 aliphatic rings. The SMILES string of the molecule is CC1(C)CSC(c2ccncc2)N1. The van der Waals surface area contributed by atoms with Gasteiger partial charge in [0, 0.05) is 23.7 Å². The molecule has 1 unspecified atom stereocenters. The zero-order valence-electron chi connectivity index (χ0n) is 7.95. The molecule has 2 rings (SSSR count). The minimum Gasteiger partial charge on any atom is -0.296 e. The van der Waals surface area contributed by atoms with Gasteiger partial charge in [-0.15, -0.1) is 11.8 Å². The molecule has 1 atom stereocenters. The normalized spacial score (nSPS) is 26.2. The van der Waals surface area contributed by atoms with Crippen LogP contribution in [0.1, 0.15) is 24.8 Å². The summed E-state index contributed by atoms with van der Waals surface area (Å²) < 4.78 is 0. The van der Waals surface area contributed by atoms with Gasteiger partial charge in [0.1, 0.15) is 0 Å². The Morgan fingerprint density at radius 1 is 1.46 bits per heavy atom. The molecule has 1 aliphatic heterocycles. The summed E-state index contributed by atoms with van der Waals surface area (Å²) in [5.74, 6) is 1.17. The molecule has 0 saturated carbocycles. The van der Waals surface area contributed by atoms with Gasteiger partial charge in [0.25, 0.3) is 0 Å². The van der Waals surface area contributed by atoms with E-state index in [4.69, 9.17) is 0 Å². The van der Waals surface area contributed by atoms with Crippen LogP contribution in [-0.4, -0.2) is 16.3 Å². The quantitative estimate of drug-likeness (QED) is 0.742. The first-order chi connectivity index (χ1) is 6.17. The molecule has 1 aromatic heterocycles. The first kappa shape index (κ1) is 9.03. The number of thioether (sulfide) groups is 1. The summed E-state index contributed by atoms with van der Waals surface area (Å²) in [6.45, 7) is 4.47. The van der Waals surface area contributed by atoms with Crippen LogP contribution in [-0.2, 0) is 0 Å². The molecule has 3 heteroatoms. The van der Waals surface area contributed by atoms with Crippen molar-refractivity contribution in [3.8, 4) is 0 Å². The van der Waals surface area contributed by atoms with Gasteiger partial charge in [-0.25, -0.2) is 0 Å². The average Bonchev–Trinajstić information content (AvgIpc) is 2.48. The van der Waals surface area contributed by atoms with E-state index in [1.165, 1.54) is 11.3 Å². The number of nitrogens with zero attached hydrogens (tertiary/aromatic N) is 1. The van der Waals surface area contributed by atoms with Crippen LogP contribution in [0.5, 0.6) is 0 Å². The number of pyridine rings is 1. The molecule has 0 aliphatic carbocycles. The summed E-state index contributed by atoms with van der Waals surface area (Å²) in [5, 5.41) is 4.02. The van der Waals surface area contributed by atoms with Crippen LogP contribution in [0.4, 0.5) is 0 Å². The zero-order chi connectivity index (χ0) is 9.31. The Balaban J connectivity index is 2.13. The van der Waals surface area contributed by atoms with Crippen molar-refractivity contribution < 1.29 is 0 Å². The van der Waals surface area contributed by atoms with E-state index < -0.39 is 0 Å². The van der Waals surface area contributed by atoms with Gasteiger partial charge in [-0.05, 0) is 31.5 Å². The van der Waals surface area contributed by atoms with E-state index in [2.05, 4.69) is 36.3 Å². The minimum atomic E-state index is 0.263. The van der Waals surface area contributed by atoms with Crippen molar-refractivity contribution in [1.29, 1.82) is 0 Å². The number of hydrogen-bond acceptors (Lipinski definition) is 3. The second kappa shape index (κ2) is 3.31. The molecule has 0 spiro atoms. The molecule has 2 nitrogen and oxygen atoms in total. The Hall–Kier alpha value is -0.540. The molecule has 13 heavy (non-hydrogen) atoms. The van der Waals surface area contributed by atoms with Crippen molar-refractivity contribution in [1.82, 2.24) is 10.3 Å². The minimum absolute atomic E-state index is 0.263. The van der Waals surface area contributed by atoms with E-state index in [1.807, 2.05) is 24.2 Å². The van der Waals surface area contributed by atoms with Crippen molar-refractivity contribution in [2.24, 2.45) is 0 Å². The lowest BCUT2D eigenvalue weighted by atomic mass is 10.1. The molecule has 0 bridgehead atoms. The predicted octanol–water partition coefficient (Wildman–Crippen LogP) is 2.20. The summed E-state index contributed by atoms with van der Waals surface area (Å²) in [6.07, 6.45) is 3.70. The highest BCUT2D eigenvalue weighted by Gasteiger charge is 2.31. The molecule has 0 aromatic carbocycles. The van der Waals surface area contributed by atoms with Crippen LogP contribution in [0.2, 0.25) is 0 Å². The summed E-state index contributed by atoms with van der Waals surface area (Å²) in [7, 11) is 0. The highest BCUT2D eigenvalue weighted by molar-refractivity contribution is 7.99. The van der Waals surface area contributed by atoms with Gasteiger partial charge in [-0.3, -0.25) is 10.3 Å². The Morgan fingerprint density at radius 2 is 2.15 bits per heavy atom. The maximum atomic E-state index is 4.02. The third kappa shape index (κ3) is 2.03. The molecular weight excluding hydrogens is 180 g/mol. The number of nitrogens with one attached hydrogen (secondary N) is 1. The Bertz CT molecular complexity index is 284. The van der Waals surface area contributed by atoms with Gasteiger partial charge in [-0.2, -0.15) is 0 Å². The van der Waals surface area contributed by atoms with Crippen molar-refractivity contribution in [3.05, 3.63) is 30.1 Å². The van der Waals surface area contributed by atoms with Crippen LogP contribution < -0.4 is 5.32 Å². The molecule has 1 fully saturated rings. The first-order valence-electron chi connectivity index (χ1n) is 4.47. The predicted molar refractivity (Wildman–Crippen MR) is 56.7 cm³/mol. The molecule has 2 heterocycles. The van der Waals surface area contributed by atoms with Gasteiger partial charge in [0.15, 0.2) is 0 Å². The number of rotatable bonds is 1. The van der Waals surface area contributed by atoms with Crippen LogP contribution in [0.15, 0.2) is 24.5 Å². The van der Waals surface area contributed by atoms with Gasteiger partial charge >= 0.3 is 0 Å². The third-order valence-electron chi connectivity index (χ3n) is 2.14. The number of aromatic nitrogens is 1. The fraction of sp³-hybridized carbons (Fsp3) is 0.500. The van der Waals surface area contributed by atoms with Crippen LogP contribution in [0.25, 0.3) is 0 Å². The van der Waals surface area contributed by atoms with Gasteiger partial charge in [-0.1, -0.05) is 0 Å². The van der Waals surface area contributed by atoms with Gasteiger partial charge in [0.2, 0.25) is 0 Å². The fourth-order valence-corrected chi connectivity index (χ4v) is 2.87. The molecule has 1 N–H and O–H groups in total. The summed E-state index contributed by atoms with van der Waals surface area (Å²) >= 11 is 1.96. The highest BCUT2D eigenvalue weighted by atomic mass is 32.2. The summed E-state index contributed by atoms with van der Waals surface area (Å²) in [5.41, 5.74) is 1.59. The number of hydrogen-bond donors (Lipinski definition) is 1. The molecule has 1 saturated heterocycles. The Morgan fingerprint density at radius 3 is 2.69 bits per heavy atom. The first-order valence-corrected chi connectivity index (χ1v) is 5.51. The van der Waals surface area contributed by atoms with E-state index in [0.29, 0.717) is 5.37 Å². The molecule has 0 amide bonds. The standard InChI is InChI=1S/C10H14N2S/c1-10(2)7-13-9(12-10)8-3-5-11-6-4-8/h3-6,9,12H,7H2,1-2H3. The van der Waals surface area contributed by atoms with E-state index in [9.17, 15) is 0 Å². The van der Waals surface area contributed by atoms with Crippen molar-refractivity contribution in [2.75, 3.05) is 5.75 Å². The second-order valence-corrected chi connectivity index (χ2v) is 5.09. The Kier molecular flexibility index (Phi) is 2.30. The third-order valence-corrected chi connectivity index (χ3v) is 3.75. The van der Waals surface area contributed by atoms with Crippen LogP contribution in [0.3, 0.4) is 0 Å². The monoisotopic (exact) mass is 194 g/mol. The molecular formula is C10H14N2S. The lowest BCUT2D eigenvalue weighted by Crippen LogP contribution is -2.35. The smallest absolute Gasteiger partial charge is 0.0795 e. The van der Waals surface area contributed by atoms with Crippen molar-refractivity contribution in [2.45, 2.75) is 24.8 Å². The molecule has 1 aromatic rings. The van der Waals surface area contributed by atoms with Crippen molar-refractivity contribution >= 4 is 11.8 Å². The van der Waals surface area contributed by atoms with E-state index >= 15 is 0 Å².